The summed E-state index contributed by atoms with van der Waals surface area (Å²) in [6, 6.07) is 9.14. The lowest BCUT2D eigenvalue weighted by Crippen LogP contribution is -2.32. The molecule has 0 atom stereocenters. The van der Waals surface area contributed by atoms with Gasteiger partial charge in [-0.3, -0.25) is 0 Å². The van der Waals surface area contributed by atoms with E-state index in [1.165, 1.54) is 0 Å². The normalized spacial score (nSPS) is 23.7. The molecule has 0 aromatic heterocycles. The number of hydrogen-bond acceptors (Lipinski definition) is 3. The lowest BCUT2D eigenvalue weighted by molar-refractivity contribution is 0.318. The molecule has 1 aliphatic carbocycles. The zero-order chi connectivity index (χ0) is 12.8. The number of hydrogen-bond donors (Lipinski definition) is 2. The number of anilines is 1. The van der Waals surface area contributed by atoms with Crippen LogP contribution >= 0.6 is 0 Å². The Morgan fingerprint density at radius 3 is 2.67 bits per heavy atom. The van der Waals surface area contributed by atoms with Gasteiger partial charge in [0.25, 0.3) is 0 Å². The summed E-state index contributed by atoms with van der Waals surface area (Å²) in [5.74, 6) is 0.967. The van der Waals surface area contributed by atoms with Gasteiger partial charge in [0.2, 0.25) is 0 Å². The highest BCUT2D eigenvalue weighted by molar-refractivity contribution is 5.56. The van der Waals surface area contributed by atoms with Crippen LogP contribution in [0.4, 0.5) is 5.69 Å². The van der Waals surface area contributed by atoms with Crippen LogP contribution in [0.5, 0.6) is 5.75 Å². The third-order valence-corrected chi connectivity index (χ3v) is 3.48. The van der Waals surface area contributed by atoms with Gasteiger partial charge in [0, 0.05) is 12.1 Å². The van der Waals surface area contributed by atoms with Crippen molar-refractivity contribution in [1.29, 1.82) is 0 Å². The van der Waals surface area contributed by atoms with Crippen LogP contribution in [-0.4, -0.2) is 18.7 Å². The van der Waals surface area contributed by atoms with Crippen LogP contribution in [0, 0.1) is 0 Å². The van der Waals surface area contributed by atoms with Crippen LogP contribution in [0.15, 0.2) is 24.3 Å². The molecule has 0 amide bonds. The minimum absolute atomic E-state index is 0.398. The van der Waals surface area contributed by atoms with E-state index in [0.29, 0.717) is 12.1 Å². The lowest BCUT2D eigenvalue weighted by atomic mass is 9.91. The first-order valence-electron chi connectivity index (χ1n) is 7.03. The number of nitrogens with one attached hydrogen (secondary N) is 1. The molecule has 0 unspecified atom stereocenters. The summed E-state index contributed by atoms with van der Waals surface area (Å²) in [4.78, 5) is 0. The first-order chi connectivity index (χ1) is 8.79. The van der Waals surface area contributed by atoms with Crippen LogP contribution in [0.1, 0.15) is 39.0 Å². The van der Waals surface area contributed by atoms with E-state index in [4.69, 9.17) is 10.5 Å². The van der Waals surface area contributed by atoms with Crippen LogP contribution in [0.2, 0.25) is 0 Å². The second-order valence-corrected chi connectivity index (χ2v) is 5.10. The fourth-order valence-electron chi connectivity index (χ4n) is 2.41. The van der Waals surface area contributed by atoms with Gasteiger partial charge < -0.3 is 15.8 Å². The van der Waals surface area contributed by atoms with Gasteiger partial charge in [0.05, 0.1) is 12.3 Å². The fraction of sp³-hybridized carbons (Fsp3) is 0.600. The first-order valence-corrected chi connectivity index (χ1v) is 7.03. The molecule has 18 heavy (non-hydrogen) atoms. The van der Waals surface area contributed by atoms with Crippen molar-refractivity contribution in [3.63, 3.8) is 0 Å². The molecule has 0 heterocycles. The van der Waals surface area contributed by atoms with E-state index in [1.807, 2.05) is 12.1 Å². The molecule has 3 heteroatoms. The van der Waals surface area contributed by atoms with Crippen LogP contribution in [0.3, 0.4) is 0 Å². The predicted molar refractivity (Wildman–Crippen MR) is 76.1 cm³/mol. The summed E-state index contributed by atoms with van der Waals surface area (Å²) in [5, 5.41) is 3.60. The van der Waals surface area contributed by atoms with Crippen molar-refractivity contribution in [2.24, 2.45) is 5.73 Å². The zero-order valence-electron chi connectivity index (χ0n) is 11.2. The second kappa shape index (κ2) is 6.64. The number of ether oxygens (including phenoxy) is 1. The Morgan fingerprint density at radius 1 is 1.22 bits per heavy atom. The number of para-hydroxylation sites is 2. The van der Waals surface area contributed by atoms with Gasteiger partial charge in [-0.1, -0.05) is 19.1 Å². The van der Waals surface area contributed by atoms with Gasteiger partial charge in [-0.15, -0.1) is 0 Å². The largest absolute Gasteiger partial charge is 0.491 e. The number of rotatable bonds is 5. The third-order valence-electron chi connectivity index (χ3n) is 3.48. The van der Waals surface area contributed by atoms with E-state index >= 15 is 0 Å². The summed E-state index contributed by atoms with van der Waals surface area (Å²) < 4.78 is 5.76. The highest BCUT2D eigenvalue weighted by Crippen LogP contribution is 2.28. The highest BCUT2D eigenvalue weighted by atomic mass is 16.5. The molecule has 1 aromatic carbocycles. The summed E-state index contributed by atoms with van der Waals surface area (Å²) in [7, 11) is 0. The molecule has 2 rings (SSSR count). The van der Waals surface area contributed by atoms with Crippen molar-refractivity contribution >= 4 is 5.69 Å². The predicted octanol–water partition coefficient (Wildman–Crippen LogP) is 3.16. The molecular formula is C15H24N2O. The van der Waals surface area contributed by atoms with Crippen LogP contribution in [0.25, 0.3) is 0 Å². The van der Waals surface area contributed by atoms with Crippen molar-refractivity contribution < 1.29 is 4.74 Å². The maximum Gasteiger partial charge on any atom is 0.142 e. The van der Waals surface area contributed by atoms with Crippen LogP contribution < -0.4 is 15.8 Å². The SMILES string of the molecule is CCCOc1ccccc1NC1CCC(N)CC1. The maximum atomic E-state index is 5.93. The summed E-state index contributed by atoms with van der Waals surface area (Å²) in [5.41, 5.74) is 7.05. The molecule has 0 aliphatic heterocycles. The van der Waals surface area contributed by atoms with Crippen molar-refractivity contribution in [2.75, 3.05) is 11.9 Å². The molecule has 3 N–H and O–H groups in total. The molecule has 0 radical (unpaired) electrons. The fourth-order valence-corrected chi connectivity index (χ4v) is 2.41. The summed E-state index contributed by atoms with van der Waals surface area (Å²) in [6.07, 6.45) is 5.59. The Labute approximate surface area is 110 Å². The molecule has 100 valence electrons. The van der Waals surface area contributed by atoms with Gasteiger partial charge in [-0.05, 0) is 44.2 Å². The second-order valence-electron chi connectivity index (χ2n) is 5.10. The monoisotopic (exact) mass is 248 g/mol. The van der Waals surface area contributed by atoms with E-state index < -0.39 is 0 Å². The van der Waals surface area contributed by atoms with E-state index in [1.54, 1.807) is 0 Å². The van der Waals surface area contributed by atoms with E-state index in [0.717, 1.165) is 50.1 Å². The Balaban J connectivity index is 1.95. The van der Waals surface area contributed by atoms with Crippen molar-refractivity contribution in [2.45, 2.75) is 51.1 Å². The standard InChI is InChI=1S/C15H24N2O/c1-2-11-18-15-6-4-3-5-14(15)17-13-9-7-12(16)8-10-13/h3-6,12-13,17H,2,7-11,16H2,1H3. The molecule has 1 aromatic rings. The molecule has 0 saturated heterocycles. The van der Waals surface area contributed by atoms with Crippen molar-refractivity contribution in [3.05, 3.63) is 24.3 Å². The summed E-state index contributed by atoms with van der Waals surface area (Å²) in [6.45, 7) is 2.90. The average Bonchev–Trinajstić information content (AvgIpc) is 2.40. The van der Waals surface area contributed by atoms with Gasteiger partial charge in [-0.25, -0.2) is 0 Å². The van der Waals surface area contributed by atoms with E-state index in [9.17, 15) is 0 Å². The number of nitrogens with two attached hydrogens (primary N) is 1. The Kier molecular flexibility index (Phi) is 4.88. The molecular weight excluding hydrogens is 224 g/mol. The quantitative estimate of drug-likeness (QED) is 0.841. The van der Waals surface area contributed by atoms with Crippen LogP contribution in [-0.2, 0) is 0 Å². The zero-order valence-corrected chi connectivity index (χ0v) is 11.2. The Morgan fingerprint density at radius 2 is 1.94 bits per heavy atom. The molecule has 1 saturated carbocycles. The smallest absolute Gasteiger partial charge is 0.142 e. The maximum absolute atomic E-state index is 5.93. The average molecular weight is 248 g/mol. The lowest BCUT2D eigenvalue weighted by Gasteiger charge is -2.28. The van der Waals surface area contributed by atoms with Gasteiger partial charge in [0.1, 0.15) is 5.75 Å². The Bertz CT molecular complexity index is 359. The van der Waals surface area contributed by atoms with Gasteiger partial charge in [0.15, 0.2) is 0 Å². The van der Waals surface area contributed by atoms with Gasteiger partial charge >= 0.3 is 0 Å². The van der Waals surface area contributed by atoms with E-state index in [-0.39, 0.29) is 0 Å². The molecule has 3 nitrogen and oxygen atoms in total. The van der Waals surface area contributed by atoms with Gasteiger partial charge in [-0.2, -0.15) is 0 Å². The topological polar surface area (TPSA) is 47.3 Å². The first kappa shape index (κ1) is 13.2. The third kappa shape index (κ3) is 3.64. The molecule has 1 aliphatic rings. The molecule has 0 spiro atoms. The Hall–Kier alpha value is -1.22. The minimum Gasteiger partial charge on any atom is -0.491 e. The minimum atomic E-state index is 0.398. The van der Waals surface area contributed by atoms with E-state index in [2.05, 4.69) is 24.4 Å². The molecule has 1 fully saturated rings. The molecule has 0 bridgehead atoms. The van der Waals surface area contributed by atoms with Crippen molar-refractivity contribution in [1.82, 2.24) is 0 Å². The number of benzene rings is 1. The highest BCUT2D eigenvalue weighted by Gasteiger charge is 2.19. The van der Waals surface area contributed by atoms with Crippen molar-refractivity contribution in [3.8, 4) is 5.75 Å². The summed E-state index contributed by atoms with van der Waals surface area (Å²) >= 11 is 0.